The molecule has 0 radical (unpaired) electrons. The van der Waals surface area contributed by atoms with Gasteiger partial charge < -0.3 is 4.42 Å². The number of anilines is 1. The molecule has 0 spiro atoms. The van der Waals surface area contributed by atoms with Gasteiger partial charge in [-0.2, -0.15) is 22.0 Å². The normalized spacial score (nSPS) is 11.7. The zero-order valence-electron chi connectivity index (χ0n) is 10.4. The van der Waals surface area contributed by atoms with E-state index < -0.39 is 29.7 Å². The van der Waals surface area contributed by atoms with Crippen molar-refractivity contribution < 1.29 is 31.2 Å². The Hall–Kier alpha value is -2.17. The maximum Gasteiger partial charge on any atom is 0.446 e. The predicted molar refractivity (Wildman–Crippen MR) is 65.6 cm³/mol. The summed E-state index contributed by atoms with van der Waals surface area (Å²) in [6, 6.07) is 3.97. The van der Waals surface area contributed by atoms with Crippen molar-refractivity contribution in [3.63, 3.8) is 0 Å². The largest absolute Gasteiger partial charge is 0.446 e. The molecule has 118 valence electrons. The first-order valence-electron chi connectivity index (χ1n) is 5.53. The molecule has 1 N–H and O–H groups in total. The SMILES string of the molecule is O=C(Nc1nnc(C(F)F)o1)c1ccc(SC(F)(F)F)cc1. The first-order valence-corrected chi connectivity index (χ1v) is 6.35. The average molecular weight is 339 g/mol. The van der Waals surface area contributed by atoms with Crippen LogP contribution in [-0.4, -0.2) is 21.6 Å². The number of rotatable bonds is 4. The van der Waals surface area contributed by atoms with Gasteiger partial charge in [0.15, 0.2) is 0 Å². The van der Waals surface area contributed by atoms with Gasteiger partial charge in [0.25, 0.3) is 11.8 Å². The maximum absolute atomic E-state index is 12.2. The van der Waals surface area contributed by atoms with Gasteiger partial charge in [-0.05, 0) is 36.0 Å². The molecule has 0 unspecified atom stereocenters. The number of amides is 1. The van der Waals surface area contributed by atoms with Crippen LogP contribution in [0.3, 0.4) is 0 Å². The van der Waals surface area contributed by atoms with E-state index in [1.165, 1.54) is 0 Å². The van der Waals surface area contributed by atoms with E-state index in [0.29, 0.717) is 0 Å². The predicted octanol–water partition coefficient (Wildman–Crippen LogP) is 3.87. The number of carbonyl (C=O) groups is 1. The lowest BCUT2D eigenvalue weighted by Crippen LogP contribution is -2.12. The standard InChI is InChI=1S/C11H6F5N3O2S/c12-7(13)9-18-19-10(21-9)17-8(20)5-1-3-6(4-2-5)22-11(14,15)16/h1-4,7H,(H,17,19,20). The second-order valence-electron chi connectivity index (χ2n) is 3.77. The van der Waals surface area contributed by atoms with E-state index in [0.717, 1.165) is 24.3 Å². The molecule has 1 heterocycles. The van der Waals surface area contributed by atoms with Gasteiger partial charge in [-0.15, -0.1) is 5.10 Å². The Balaban J connectivity index is 2.03. The number of benzene rings is 1. The van der Waals surface area contributed by atoms with E-state index >= 15 is 0 Å². The summed E-state index contributed by atoms with van der Waals surface area (Å²) in [7, 11) is 0. The second kappa shape index (κ2) is 6.30. The topological polar surface area (TPSA) is 68.0 Å². The third kappa shape index (κ3) is 4.41. The summed E-state index contributed by atoms with van der Waals surface area (Å²) in [5, 5.41) is 8.25. The Morgan fingerprint density at radius 1 is 1.18 bits per heavy atom. The number of alkyl halides is 5. The van der Waals surface area contributed by atoms with Gasteiger partial charge >= 0.3 is 17.9 Å². The van der Waals surface area contributed by atoms with E-state index in [9.17, 15) is 26.7 Å². The zero-order chi connectivity index (χ0) is 16.3. The fourth-order valence-electron chi connectivity index (χ4n) is 1.35. The van der Waals surface area contributed by atoms with Crippen LogP contribution in [0.4, 0.5) is 28.0 Å². The molecule has 2 aromatic rings. The number of carbonyl (C=O) groups excluding carboxylic acids is 1. The molecule has 11 heteroatoms. The van der Waals surface area contributed by atoms with Crippen molar-refractivity contribution >= 4 is 23.7 Å². The number of aromatic nitrogens is 2. The summed E-state index contributed by atoms with van der Waals surface area (Å²) >= 11 is -0.324. The summed E-state index contributed by atoms with van der Waals surface area (Å²) in [5.41, 5.74) is -4.43. The Morgan fingerprint density at radius 3 is 2.32 bits per heavy atom. The van der Waals surface area contributed by atoms with Crippen molar-refractivity contribution in [1.29, 1.82) is 0 Å². The molecular weight excluding hydrogens is 333 g/mol. The van der Waals surface area contributed by atoms with Crippen molar-refractivity contribution in [2.75, 3.05) is 5.32 Å². The molecule has 1 aromatic carbocycles. The molecule has 1 amide bonds. The van der Waals surface area contributed by atoms with E-state index in [2.05, 4.69) is 19.9 Å². The molecule has 1 aromatic heterocycles. The van der Waals surface area contributed by atoms with Crippen LogP contribution >= 0.6 is 11.8 Å². The van der Waals surface area contributed by atoms with Gasteiger partial charge in [-0.1, -0.05) is 5.10 Å². The van der Waals surface area contributed by atoms with Crippen molar-refractivity contribution in [3.05, 3.63) is 35.7 Å². The molecule has 0 aliphatic carbocycles. The number of hydrogen-bond donors (Lipinski definition) is 1. The number of hydrogen-bond acceptors (Lipinski definition) is 5. The monoisotopic (exact) mass is 339 g/mol. The lowest BCUT2D eigenvalue weighted by Gasteiger charge is -2.06. The number of halogens is 5. The van der Waals surface area contributed by atoms with Gasteiger partial charge in [-0.3, -0.25) is 10.1 Å². The minimum absolute atomic E-state index is 0.00308. The van der Waals surface area contributed by atoms with E-state index in [4.69, 9.17) is 0 Å². The number of thioether (sulfide) groups is 1. The molecular formula is C11H6F5N3O2S. The molecule has 0 bridgehead atoms. The smallest absolute Gasteiger partial charge is 0.402 e. The summed E-state index contributed by atoms with van der Waals surface area (Å²) in [6.07, 6.45) is -2.98. The highest BCUT2D eigenvalue weighted by Gasteiger charge is 2.29. The van der Waals surface area contributed by atoms with Crippen LogP contribution in [0.2, 0.25) is 0 Å². The Kier molecular flexibility index (Phi) is 4.64. The summed E-state index contributed by atoms with van der Waals surface area (Å²) < 4.78 is 65.4. The van der Waals surface area contributed by atoms with Crippen LogP contribution in [0.5, 0.6) is 0 Å². The highest BCUT2D eigenvalue weighted by molar-refractivity contribution is 8.00. The molecule has 0 aliphatic rings. The minimum atomic E-state index is -4.43. The number of nitrogens with one attached hydrogen (secondary N) is 1. The van der Waals surface area contributed by atoms with Crippen LogP contribution in [0.1, 0.15) is 22.7 Å². The molecule has 0 saturated heterocycles. The second-order valence-corrected chi connectivity index (χ2v) is 4.91. The van der Waals surface area contributed by atoms with Crippen LogP contribution in [-0.2, 0) is 0 Å². The highest BCUT2D eigenvalue weighted by Crippen LogP contribution is 2.36. The molecule has 0 saturated carbocycles. The Bertz CT molecular complexity index is 656. The van der Waals surface area contributed by atoms with Crippen LogP contribution < -0.4 is 5.32 Å². The van der Waals surface area contributed by atoms with Crippen molar-refractivity contribution in [3.8, 4) is 0 Å². The van der Waals surface area contributed by atoms with Crippen molar-refractivity contribution in [2.45, 2.75) is 16.8 Å². The van der Waals surface area contributed by atoms with Gasteiger partial charge in [-0.25, -0.2) is 0 Å². The quantitative estimate of drug-likeness (QED) is 0.676. The molecule has 22 heavy (non-hydrogen) atoms. The van der Waals surface area contributed by atoms with Gasteiger partial charge in [0, 0.05) is 10.5 Å². The maximum atomic E-state index is 12.2. The first-order chi connectivity index (χ1) is 10.2. The third-order valence-electron chi connectivity index (χ3n) is 2.20. The summed E-state index contributed by atoms with van der Waals surface area (Å²) in [4.78, 5) is 11.6. The van der Waals surface area contributed by atoms with E-state index in [1.54, 1.807) is 0 Å². The number of nitrogens with zero attached hydrogens (tertiary/aromatic N) is 2. The Morgan fingerprint density at radius 2 is 1.82 bits per heavy atom. The van der Waals surface area contributed by atoms with E-state index in [1.807, 2.05) is 0 Å². The van der Waals surface area contributed by atoms with Crippen molar-refractivity contribution in [2.24, 2.45) is 0 Å². The Labute approximate surface area is 123 Å². The van der Waals surface area contributed by atoms with Gasteiger partial charge in [0.1, 0.15) is 0 Å². The lowest BCUT2D eigenvalue weighted by molar-refractivity contribution is -0.0328. The minimum Gasteiger partial charge on any atom is -0.402 e. The lowest BCUT2D eigenvalue weighted by atomic mass is 10.2. The van der Waals surface area contributed by atoms with Gasteiger partial charge in [0.2, 0.25) is 0 Å². The summed E-state index contributed by atoms with van der Waals surface area (Å²) in [6.45, 7) is 0. The highest BCUT2D eigenvalue weighted by atomic mass is 32.2. The fourth-order valence-corrected chi connectivity index (χ4v) is 1.89. The molecule has 0 aliphatic heterocycles. The molecule has 2 rings (SSSR count). The zero-order valence-corrected chi connectivity index (χ0v) is 11.2. The summed E-state index contributed by atoms with van der Waals surface area (Å²) in [5.74, 6) is -1.74. The first kappa shape index (κ1) is 16.2. The van der Waals surface area contributed by atoms with Crippen molar-refractivity contribution in [1.82, 2.24) is 10.2 Å². The van der Waals surface area contributed by atoms with E-state index in [-0.39, 0.29) is 22.2 Å². The molecule has 0 atom stereocenters. The molecule has 0 fully saturated rings. The molecule has 5 nitrogen and oxygen atoms in total. The van der Waals surface area contributed by atoms with Crippen LogP contribution in [0, 0.1) is 0 Å². The fraction of sp³-hybridized carbons (Fsp3) is 0.182. The third-order valence-corrected chi connectivity index (χ3v) is 2.94. The average Bonchev–Trinajstić information content (AvgIpc) is 2.86. The van der Waals surface area contributed by atoms with Gasteiger partial charge in [0.05, 0.1) is 0 Å². The van der Waals surface area contributed by atoms with Crippen LogP contribution in [0.25, 0.3) is 0 Å². The van der Waals surface area contributed by atoms with Crippen LogP contribution in [0.15, 0.2) is 33.6 Å².